The second kappa shape index (κ2) is 8.35. The quantitative estimate of drug-likeness (QED) is 0.774. The number of anilines is 1. The van der Waals surface area contributed by atoms with Crippen molar-refractivity contribution < 1.29 is 14.3 Å². The normalized spacial score (nSPS) is 22.2. The summed E-state index contributed by atoms with van der Waals surface area (Å²) in [6.07, 6.45) is 0. The highest BCUT2D eigenvalue weighted by Crippen LogP contribution is 2.54. The fourth-order valence-electron chi connectivity index (χ4n) is 5.18. The number of hydrogen-bond donors (Lipinski definition) is 1. The molecule has 0 aliphatic carbocycles. The lowest BCUT2D eigenvalue weighted by atomic mass is 9.57. The summed E-state index contributed by atoms with van der Waals surface area (Å²) in [5.41, 5.74) is 7.16. The number of likely N-dealkylation sites (N-methyl/N-ethyl adjacent to an activating group) is 1. The van der Waals surface area contributed by atoms with Gasteiger partial charge in [-0.3, -0.25) is 9.59 Å². The van der Waals surface area contributed by atoms with Crippen LogP contribution < -0.4 is 15.4 Å². The lowest BCUT2D eigenvalue weighted by Crippen LogP contribution is -2.65. The largest absolute Gasteiger partial charge is 0.492 e. The van der Waals surface area contributed by atoms with Crippen LogP contribution in [0.1, 0.15) is 38.8 Å². The van der Waals surface area contributed by atoms with Crippen molar-refractivity contribution in [3.05, 3.63) is 59.7 Å². The summed E-state index contributed by atoms with van der Waals surface area (Å²) in [7, 11) is 4.01. The first kappa shape index (κ1) is 22.8. The zero-order valence-corrected chi connectivity index (χ0v) is 19.3. The Morgan fingerprint density at radius 3 is 2.23 bits per heavy atom. The third-order valence-electron chi connectivity index (χ3n) is 6.43. The number of primary amides is 1. The van der Waals surface area contributed by atoms with Gasteiger partial charge in [-0.05, 0) is 57.3 Å². The molecule has 2 atom stereocenters. The summed E-state index contributed by atoms with van der Waals surface area (Å²) in [6, 6.07) is 15.6. The molecule has 2 N–H and O–H groups in total. The van der Waals surface area contributed by atoms with Crippen molar-refractivity contribution in [3.63, 3.8) is 0 Å². The number of fused-ring (bicyclic) bond motifs is 1. The number of benzene rings is 2. The lowest BCUT2D eigenvalue weighted by molar-refractivity contribution is -0.127. The number of para-hydroxylation sites is 1. The molecule has 1 heterocycles. The van der Waals surface area contributed by atoms with E-state index >= 15 is 0 Å². The van der Waals surface area contributed by atoms with Crippen LogP contribution >= 0.6 is 0 Å². The third kappa shape index (κ3) is 3.92. The van der Waals surface area contributed by atoms with Gasteiger partial charge in [-0.1, -0.05) is 37.3 Å². The van der Waals surface area contributed by atoms with Gasteiger partial charge in [0.15, 0.2) is 0 Å². The SMILES string of the molecule is CC(=O)N1c2ccccc2C(C)(c2ccc(OCCN(C)C)cc2)C(C(N)=O)C1(C)C. The molecule has 0 fully saturated rings. The molecule has 2 unspecified atom stereocenters. The van der Waals surface area contributed by atoms with Crippen LogP contribution in [0.15, 0.2) is 48.5 Å². The Hall–Kier alpha value is -2.86. The zero-order valence-electron chi connectivity index (χ0n) is 19.3. The summed E-state index contributed by atoms with van der Waals surface area (Å²) in [6.45, 7) is 8.82. The predicted molar refractivity (Wildman–Crippen MR) is 123 cm³/mol. The van der Waals surface area contributed by atoms with Crippen LogP contribution in [0, 0.1) is 5.92 Å². The minimum atomic E-state index is -0.804. The van der Waals surface area contributed by atoms with Crippen LogP contribution in [0.2, 0.25) is 0 Å². The lowest BCUT2D eigenvalue weighted by Gasteiger charge is -2.55. The van der Waals surface area contributed by atoms with Crippen LogP contribution in [-0.4, -0.2) is 49.5 Å². The molecule has 166 valence electrons. The van der Waals surface area contributed by atoms with Crippen molar-refractivity contribution in [3.8, 4) is 5.75 Å². The van der Waals surface area contributed by atoms with E-state index in [1.165, 1.54) is 6.92 Å². The van der Waals surface area contributed by atoms with Gasteiger partial charge in [0, 0.05) is 24.6 Å². The smallest absolute Gasteiger partial charge is 0.224 e. The minimum Gasteiger partial charge on any atom is -0.492 e. The van der Waals surface area contributed by atoms with Crippen LogP contribution in [0.25, 0.3) is 0 Å². The molecule has 0 saturated carbocycles. The average molecular weight is 424 g/mol. The number of hydrogen-bond acceptors (Lipinski definition) is 4. The predicted octanol–water partition coefficient (Wildman–Crippen LogP) is 3.18. The fourth-order valence-corrected chi connectivity index (χ4v) is 5.18. The second-order valence-corrected chi connectivity index (χ2v) is 9.24. The molecule has 6 heteroatoms. The van der Waals surface area contributed by atoms with Crippen LogP contribution in [0.4, 0.5) is 5.69 Å². The Balaban J connectivity index is 2.13. The number of nitrogens with zero attached hydrogens (tertiary/aromatic N) is 2. The first-order valence-electron chi connectivity index (χ1n) is 10.6. The molecule has 0 aromatic heterocycles. The van der Waals surface area contributed by atoms with Gasteiger partial charge >= 0.3 is 0 Å². The Morgan fingerprint density at radius 1 is 1.06 bits per heavy atom. The number of ether oxygens (including phenoxy) is 1. The highest BCUT2D eigenvalue weighted by atomic mass is 16.5. The van der Waals surface area contributed by atoms with Gasteiger partial charge in [-0.2, -0.15) is 0 Å². The van der Waals surface area contributed by atoms with Crippen LogP contribution in [0.3, 0.4) is 0 Å². The summed E-state index contributed by atoms with van der Waals surface area (Å²) < 4.78 is 5.84. The van der Waals surface area contributed by atoms with E-state index in [1.54, 1.807) is 4.90 Å². The van der Waals surface area contributed by atoms with E-state index in [0.717, 1.165) is 29.1 Å². The third-order valence-corrected chi connectivity index (χ3v) is 6.43. The number of carbonyl (C=O) groups excluding carboxylic acids is 2. The van der Waals surface area contributed by atoms with Crippen molar-refractivity contribution in [2.24, 2.45) is 11.7 Å². The molecule has 3 rings (SSSR count). The fraction of sp³-hybridized carbons (Fsp3) is 0.440. The van der Waals surface area contributed by atoms with E-state index in [2.05, 4.69) is 4.90 Å². The maximum Gasteiger partial charge on any atom is 0.224 e. The number of rotatable bonds is 6. The van der Waals surface area contributed by atoms with Crippen molar-refractivity contribution in [1.29, 1.82) is 0 Å². The van der Waals surface area contributed by atoms with E-state index in [4.69, 9.17) is 10.5 Å². The van der Waals surface area contributed by atoms with E-state index in [-0.39, 0.29) is 5.91 Å². The maximum atomic E-state index is 12.9. The van der Waals surface area contributed by atoms with Gasteiger partial charge in [0.1, 0.15) is 12.4 Å². The van der Waals surface area contributed by atoms with Gasteiger partial charge in [0.2, 0.25) is 11.8 Å². The first-order valence-corrected chi connectivity index (χ1v) is 10.6. The Bertz CT molecular complexity index is 968. The van der Waals surface area contributed by atoms with Gasteiger partial charge in [0.25, 0.3) is 0 Å². The van der Waals surface area contributed by atoms with Crippen molar-refractivity contribution >= 4 is 17.5 Å². The highest BCUT2D eigenvalue weighted by Gasteiger charge is 2.57. The number of nitrogens with two attached hydrogens (primary N) is 1. The number of amides is 2. The molecule has 2 aromatic rings. The summed E-state index contributed by atoms with van der Waals surface area (Å²) in [5, 5.41) is 0. The average Bonchev–Trinajstić information content (AvgIpc) is 2.67. The van der Waals surface area contributed by atoms with Gasteiger partial charge < -0.3 is 20.3 Å². The number of carbonyl (C=O) groups is 2. The molecule has 1 aliphatic rings. The first-order chi connectivity index (χ1) is 14.5. The molecule has 0 bridgehead atoms. The van der Waals surface area contributed by atoms with E-state index in [1.807, 2.05) is 83.4 Å². The van der Waals surface area contributed by atoms with Crippen molar-refractivity contribution in [2.75, 3.05) is 32.1 Å². The molecule has 0 radical (unpaired) electrons. The molecule has 2 amide bonds. The summed E-state index contributed by atoms with van der Waals surface area (Å²) in [5.74, 6) is -0.396. The summed E-state index contributed by atoms with van der Waals surface area (Å²) >= 11 is 0. The highest BCUT2D eigenvalue weighted by molar-refractivity contribution is 5.98. The molecular weight excluding hydrogens is 390 g/mol. The zero-order chi connectivity index (χ0) is 23.0. The van der Waals surface area contributed by atoms with Crippen molar-refractivity contribution in [1.82, 2.24) is 4.90 Å². The molecule has 6 nitrogen and oxygen atoms in total. The molecule has 0 spiro atoms. The summed E-state index contributed by atoms with van der Waals surface area (Å²) in [4.78, 5) is 29.3. The van der Waals surface area contributed by atoms with Gasteiger partial charge in [-0.25, -0.2) is 0 Å². The Morgan fingerprint density at radius 2 is 1.68 bits per heavy atom. The standard InChI is InChI=1S/C25H33N3O3/c1-17(29)28-21-10-8-7-9-20(21)25(4,22(23(26)30)24(28,2)3)18-11-13-19(14-12-18)31-16-15-27(5)6/h7-14,22H,15-16H2,1-6H3,(H2,26,30). The van der Waals surface area contributed by atoms with Gasteiger partial charge in [-0.15, -0.1) is 0 Å². The van der Waals surface area contributed by atoms with Crippen molar-refractivity contribution in [2.45, 2.75) is 38.6 Å². The van der Waals surface area contributed by atoms with Gasteiger partial charge in [0.05, 0.1) is 11.5 Å². The minimum absolute atomic E-state index is 0.115. The molecule has 1 aliphatic heterocycles. The Labute approximate surface area is 185 Å². The maximum absolute atomic E-state index is 12.9. The second-order valence-electron chi connectivity index (χ2n) is 9.24. The van der Waals surface area contributed by atoms with E-state index in [0.29, 0.717) is 6.61 Å². The molecule has 0 saturated heterocycles. The van der Waals surface area contributed by atoms with Crippen LogP contribution in [0.5, 0.6) is 5.75 Å². The molecular formula is C25H33N3O3. The Kier molecular flexibility index (Phi) is 6.14. The monoisotopic (exact) mass is 423 g/mol. The van der Waals surface area contributed by atoms with E-state index in [9.17, 15) is 9.59 Å². The molecule has 31 heavy (non-hydrogen) atoms. The van der Waals surface area contributed by atoms with E-state index < -0.39 is 22.8 Å². The molecule has 2 aromatic carbocycles. The van der Waals surface area contributed by atoms with Crippen LogP contribution in [-0.2, 0) is 15.0 Å². The topological polar surface area (TPSA) is 75.9 Å².